The standard InChI is InChI=1S/C10H7FN2O2S/c11-6-2-1-3-7(4-6)12-10-13-8(5-16-10)9(14)15/h1-5H,(H,12,13)(H,14,15). The number of aromatic nitrogens is 1. The average Bonchev–Trinajstić information content (AvgIpc) is 2.66. The van der Waals surface area contributed by atoms with Gasteiger partial charge < -0.3 is 10.4 Å². The van der Waals surface area contributed by atoms with Gasteiger partial charge in [-0.3, -0.25) is 0 Å². The van der Waals surface area contributed by atoms with Crippen LogP contribution in [0.5, 0.6) is 0 Å². The highest BCUT2D eigenvalue weighted by Crippen LogP contribution is 2.21. The smallest absolute Gasteiger partial charge is 0.355 e. The Labute approximate surface area is 94.4 Å². The van der Waals surface area contributed by atoms with Crippen LogP contribution in [0.1, 0.15) is 10.5 Å². The SMILES string of the molecule is O=C(O)c1csc(Nc2cccc(F)c2)n1. The largest absolute Gasteiger partial charge is 0.476 e. The van der Waals surface area contributed by atoms with E-state index in [9.17, 15) is 9.18 Å². The number of nitrogens with one attached hydrogen (secondary N) is 1. The first-order valence-corrected chi connectivity index (χ1v) is 5.24. The minimum atomic E-state index is -1.08. The maximum atomic E-state index is 12.9. The summed E-state index contributed by atoms with van der Waals surface area (Å²) in [6, 6.07) is 5.87. The van der Waals surface area contributed by atoms with Gasteiger partial charge in [0, 0.05) is 11.1 Å². The number of carboxylic acids is 1. The highest BCUT2D eigenvalue weighted by atomic mass is 32.1. The summed E-state index contributed by atoms with van der Waals surface area (Å²) in [5.74, 6) is -1.44. The minimum absolute atomic E-state index is 0.0242. The molecule has 0 fully saturated rings. The van der Waals surface area contributed by atoms with Crippen molar-refractivity contribution >= 4 is 28.1 Å². The van der Waals surface area contributed by atoms with E-state index in [-0.39, 0.29) is 11.5 Å². The van der Waals surface area contributed by atoms with Gasteiger partial charge in [0.05, 0.1) is 0 Å². The molecule has 0 atom stereocenters. The number of hydrogen-bond acceptors (Lipinski definition) is 4. The predicted molar refractivity (Wildman–Crippen MR) is 58.8 cm³/mol. The first-order chi connectivity index (χ1) is 7.65. The first-order valence-electron chi connectivity index (χ1n) is 4.36. The van der Waals surface area contributed by atoms with Gasteiger partial charge in [0.15, 0.2) is 10.8 Å². The lowest BCUT2D eigenvalue weighted by molar-refractivity contribution is 0.0691. The lowest BCUT2D eigenvalue weighted by Crippen LogP contribution is -1.97. The summed E-state index contributed by atoms with van der Waals surface area (Å²) in [6.07, 6.45) is 0. The maximum absolute atomic E-state index is 12.9. The number of benzene rings is 1. The molecule has 4 nitrogen and oxygen atoms in total. The Bertz CT molecular complexity index is 527. The van der Waals surface area contributed by atoms with Gasteiger partial charge >= 0.3 is 5.97 Å². The Morgan fingerprint density at radius 2 is 2.31 bits per heavy atom. The molecule has 0 bridgehead atoms. The molecule has 1 aromatic heterocycles. The van der Waals surface area contributed by atoms with Crippen LogP contribution in [0, 0.1) is 5.82 Å². The molecule has 0 saturated carbocycles. The summed E-state index contributed by atoms with van der Waals surface area (Å²) in [5.41, 5.74) is 0.509. The highest BCUT2D eigenvalue weighted by Gasteiger charge is 2.08. The zero-order chi connectivity index (χ0) is 11.5. The fourth-order valence-electron chi connectivity index (χ4n) is 1.12. The molecule has 2 rings (SSSR count). The third kappa shape index (κ3) is 2.34. The Hall–Kier alpha value is -1.95. The number of anilines is 2. The molecule has 82 valence electrons. The zero-order valence-electron chi connectivity index (χ0n) is 7.98. The van der Waals surface area contributed by atoms with Gasteiger partial charge in [0.2, 0.25) is 0 Å². The molecule has 6 heteroatoms. The molecule has 0 spiro atoms. The number of aromatic carboxylic acids is 1. The monoisotopic (exact) mass is 238 g/mol. The van der Waals surface area contributed by atoms with E-state index in [0.717, 1.165) is 11.3 Å². The summed E-state index contributed by atoms with van der Waals surface area (Å²) >= 11 is 1.15. The number of rotatable bonds is 3. The van der Waals surface area contributed by atoms with Crippen LogP contribution >= 0.6 is 11.3 Å². The summed E-state index contributed by atoms with van der Waals surface area (Å²) < 4.78 is 12.9. The molecule has 0 aliphatic rings. The fourth-order valence-corrected chi connectivity index (χ4v) is 1.82. The van der Waals surface area contributed by atoms with Crippen molar-refractivity contribution in [3.05, 3.63) is 41.2 Å². The lowest BCUT2D eigenvalue weighted by Gasteiger charge is -2.01. The quantitative estimate of drug-likeness (QED) is 0.863. The van der Waals surface area contributed by atoms with Crippen molar-refractivity contribution in [3.63, 3.8) is 0 Å². The van der Waals surface area contributed by atoms with Gasteiger partial charge in [-0.25, -0.2) is 14.2 Å². The number of hydrogen-bond donors (Lipinski definition) is 2. The molecular weight excluding hydrogens is 231 g/mol. The van der Waals surface area contributed by atoms with Crippen molar-refractivity contribution in [2.75, 3.05) is 5.32 Å². The highest BCUT2D eigenvalue weighted by molar-refractivity contribution is 7.14. The third-order valence-corrected chi connectivity index (χ3v) is 2.56. The summed E-state index contributed by atoms with van der Waals surface area (Å²) in [7, 11) is 0. The number of thiazole rings is 1. The molecule has 16 heavy (non-hydrogen) atoms. The Morgan fingerprint density at radius 1 is 1.50 bits per heavy atom. The van der Waals surface area contributed by atoms with E-state index < -0.39 is 5.97 Å². The van der Waals surface area contributed by atoms with Gasteiger partial charge in [-0.15, -0.1) is 11.3 Å². The van der Waals surface area contributed by atoms with E-state index in [0.29, 0.717) is 10.8 Å². The van der Waals surface area contributed by atoms with Crippen LogP contribution in [0.3, 0.4) is 0 Å². The molecule has 0 aliphatic carbocycles. The molecule has 1 aromatic carbocycles. The van der Waals surface area contributed by atoms with Crippen molar-refractivity contribution in [1.29, 1.82) is 0 Å². The van der Waals surface area contributed by atoms with Gasteiger partial charge in [0.25, 0.3) is 0 Å². The molecule has 0 aliphatic heterocycles. The van der Waals surface area contributed by atoms with Crippen LogP contribution in [0.25, 0.3) is 0 Å². The molecule has 2 N–H and O–H groups in total. The minimum Gasteiger partial charge on any atom is -0.476 e. The first kappa shape index (κ1) is 10.6. The van der Waals surface area contributed by atoms with E-state index in [2.05, 4.69) is 10.3 Å². The summed E-state index contributed by atoms with van der Waals surface area (Å²) in [4.78, 5) is 14.4. The third-order valence-electron chi connectivity index (χ3n) is 1.80. The number of carbonyl (C=O) groups is 1. The molecule has 1 heterocycles. The normalized spacial score (nSPS) is 10.1. The van der Waals surface area contributed by atoms with E-state index in [1.807, 2.05) is 0 Å². The van der Waals surface area contributed by atoms with Crippen molar-refractivity contribution in [2.45, 2.75) is 0 Å². The number of halogens is 1. The van der Waals surface area contributed by atoms with Crippen LogP contribution in [0.4, 0.5) is 15.2 Å². The predicted octanol–water partition coefficient (Wildman–Crippen LogP) is 2.72. The molecular formula is C10H7FN2O2S. The number of nitrogens with zero attached hydrogens (tertiary/aromatic N) is 1. The molecule has 0 radical (unpaired) electrons. The van der Waals surface area contributed by atoms with Gasteiger partial charge in [-0.2, -0.15) is 0 Å². The van der Waals surface area contributed by atoms with E-state index in [4.69, 9.17) is 5.11 Å². The molecule has 0 amide bonds. The Kier molecular flexibility index (Phi) is 2.82. The van der Waals surface area contributed by atoms with Crippen LogP contribution in [0.15, 0.2) is 29.6 Å². The lowest BCUT2D eigenvalue weighted by atomic mass is 10.3. The van der Waals surface area contributed by atoms with Crippen LogP contribution in [-0.2, 0) is 0 Å². The van der Waals surface area contributed by atoms with Crippen molar-refractivity contribution in [2.24, 2.45) is 0 Å². The Balaban J connectivity index is 2.17. The number of carboxylic acid groups (broad SMARTS) is 1. The van der Waals surface area contributed by atoms with Crippen molar-refractivity contribution in [1.82, 2.24) is 4.98 Å². The van der Waals surface area contributed by atoms with Gasteiger partial charge in [-0.05, 0) is 18.2 Å². The average molecular weight is 238 g/mol. The van der Waals surface area contributed by atoms with E-state index in [1.165, 1.54) is 17.5 Å². The summed E-state index contributed by atoms with van der Waals surface area (Å²) in [6.45, 7) is 0. The van der Waals surface area contributed by atoms with Crippen LogP contribution < -0.4 is 5.32 Å². The zero-order valence-corrected chi connectivity index (χ0v) is 8.79. The topological polar surface area (TPSA) is 62.2 Å². The van der Waals surface area contributed by atoms with Crippen molar-refractivity contribution in [3.8, 4) is 0 Å². The second-order valence-corrected chi connectivity index (χ2v) is 3.84. The molecule has 0 saturated heterocycles. The Morgan fingerprint density at radius 3 is 2.94 bits per heavy atom. The summed E-state index contributed by atoms with van der Waals surface area (Å²) in [5, 5.41) is 13.3. The maximum Gasteiger partial charge on any atom is 0.355 e. The molecule has 0 unspecified atom stereocenters. The second-order valence-electron chi connectivity index (χ2n) is 2.98. The van der Waals surface area contributed by atoms with Gasteiger partial charge in [0.1, 0.15) is 5.82 Å². The van der Waals surface area contributed by atoms with Crippen molar-refractivity contribution < 1.29 is 14.3 Å². The molecule has 2 aromatic rings. The van der Waals surface area contributed by atoms with Crippen LogP contribution in [0.2, 0.25) is 0 Å². The van der Waals surface area contributed by atoms with Gasteiger partial charge in [-0.1, -0.05) is 6.07 Å². The van der Waals surface area contributed by atoms with E-state index in [1.54, 1.807) is 12.1 Å². The fraction of sp³-hybridized carbons (Fsp3) is 0. The van der Waals surface area contributed by atoms with E-state index >= 15 is 0 Å². The second kappa shape index (κ2) is 4.28. The van der Waals surface area contributed by atoms with Crippen LogP contribution in [-0.4, -0.2) is 16.1 Å².